The molecule has 5 aliphatic heterocycles. The lowest BCUT2D eigenvalue weighted by Gasteiger charge is -2.56. The summed E-state index contributed by atoms with van der Waals surface area (Å²) in [5.41, 5.74) is 0. The summed E-state index contributed by atoms with van der Waals surface area (Å²) < 4.78 is 55.3. The molecule has 4 saturated carbocycles. The van der Waals surface area contributed by atoms with Crippen LogP contribution in [0.3, 0.4) is 0 Å². The van der Waals surface area contributed by atoms with Crippen LogP contribution in [0.5, 0.6) is 0 Å². The van der Waals surface area contributed by atoms with Gasteiger partial charge in [0, 0.05) is 118 Å². The third kappa shape index (κ3) is 20.3. The molecule has 8 amide bonds. The molecule has 4 aliphatic carbocycles. The van der Waals surface area contributed by atoms with Crippen LogP contribution >= 0.6 is 11.6 Å². The van der Waals surface area contributed by atoms with Gasteiger partial charge in [-0.2, -0.15) is 4.99 Å². The molecule has 0 aromatic rings. The fourth-order valence-corrected chi connectivity index (χ4v) is 18.0. The number of likely N-dealkylation sites (tertiary alicyclic amines) is 1. The highest BCUT2D eigenvalue weighted by Gasteiger charge is 2.56. The van der Waals surface area contributed by atoms with Crippen molar-refractivity contribution >= 4 is 53.1 Å². The predicted molar refractivity (Wildman–Crippen MR) is 356 cm³/mol. The first-order valence-corrected chi connectivity index (χ1v) is 36.9. The van der Waals surface area contributed by atoms with Gasteiger partial charge in [-0.1, -0.05) is 65.4 Å². The number of ether oxygens (including phenoxy) is 4. The van der Waals surface area contributed by atoms with E-state index >= 15 is 8.78 Å². The molecule has 0 radical (unpaired) electrons. The van der Waals surface area contributed by atoms with Crippen molar-refractivity contribution in [2.24, 2.45) is 58.3 Å². The molecular formula is C70H115ClF2N10O11. The number of piperidine rings is 2. The summed E-state index contributed by atoms with van der Waals surface area (Å²) in [6, 6.07) is -1.66. The Labute approximate surface area is 563 Å². The van der Waals surface area contributed by atoms with Crippen LogP contribution in [0.15, 0.2) is 17.1 Å². The number of carbonyl (C=O) groups is 6. The number of amidine groups is 1. The van der Waals surface area contributed by atoms with Gasteiger partial charge in [-0.15, -0.1) is 11.6 Å². The number of hydrogen-bond donors (Lipinski definition) is 5. The number of aliphatic hydroxyl groups is 1. The second-order valence-corrected chi connectivity index (χ2v) is 30.2. The van der Waals surface area contributed by atoms with E-state index in [-0.39, 0.29) is 126 Å². The van der Waals surface area contributed by atoms with E-state index in [1.807, 2.05) is 29.8 Å². The molecule has 4 saturated heterocycles. The second kappa shape index (κ2) is 36.6. The van der Waals surface area contributed by atoms with Gasteiger partial charge < -0.3 is 64.5 Å². The number of likely N-dealkylation sites (N-methyl/N-ethyl adjacent to an activating group) is 1. The lowest BCUT2D eigenvalue weighted by atomic mass is 9.65. The Balaban J connectivity index is 0.552. The highest BCUT2D eigenvalue weighted by molar-refractivity contribution is 6.20. The van der Waals surface area contributed by atoms with Crippen molar-refractivity contribution in [1.29, 1.82) is 0 Å². The SMILES string of the molecule is CC(C)C1NCCC(C)C1N1C(=O)N=C(N2CCN(C(=O)/C=C/CN(C)CCOCCOCCOCCOCCCCCCCCC3CC(Cl)CC(NC(=O)NCC4CCC5C(=O)N(C6CCC(=O)NC6=O)CC5C4)C3)C[C@@H]2C)C2CC(F)C(C3C(O)CCCC3F)CC21. The third-order valence-corrected chi connectivity index (χ3v) is 22.8. The fourth-order valence-electron chi connectivity index (χ4n) is 17.5. The van der Waals surface area contributed by atoms with Crippen molar-refractivity contribution < 1.29 is 61.6 Å². The number of halogens is 3. The minimum Gasteiger partial charge on any atom is -0.393 e. The average molecular weight is 1350 g/mol. The number of aliphatic imine (C=N–C) groups is 1. The summed E-state index contributed by atoms with van der Waals surface area (Å²) in [7, 11) is 1.98. The van der Waals surface area contributed by atoms with E-state index in [2.05, 4.69) is 51.8 Å². The van der Waals surface area contributed by atoms with Crippen molar-refractivity contribution in [2.75, 3.05) is 112 Å². The highest BCUT2D eigenvalue weighted by Crippen LogP contribution is 2.48. The average Bonchev–Trinajstić information content (AvgIpc) is 0.882. The molecule has 5 heterocycles. The maximum Gasteiger partial charge on any atom is 0.345 e. The highest BCUT2D eigenvalue weighted by atomic mass is 35.5. The number of alkyl halides is 3. The van der Waals surface area contributed by atoms with E-state index in [4.69, 9.17) is 35.5 Å². The maximum atomic E-state index is 16.7. The molecule has 94 heavy (non-hydrogen) atoms. The van der Waals surface area contributed by atoms with E-state index in [9.17, 15) is 33.9 Å². The monoisotopic (exact) mass is 1340 g/mol. The minimum atomic E-state index is -1.34. The van der Waals surface area contributed by atoms with Gasteiger partial charge in [0.25, 0.3) is 0 Å². The van der Waals surface area contributed by atoms with E-state index in [0.717, 1.165) is 83.8 Å². The van der Waals surface area contributed by atoms with Crippen molar-refractivity contribution in [3.8, 4) is 0 Å². The number of amides is 8. The summed E-state index contributed by atoms with van der Waals surface area (Å²) in [5, 5.41) is 23.5. The molecule has 532 valence electrons. The molecule has 0 spiro atoms. The Morgan fingerprint density at radius 3 is 2.23 bits per heavy atom. The number of imide groups is 1. The lowest BCUT2D eigenvalue weighted by molar-refractivity contribution is -0.144. The van der Waals surface area contributed by atoms with Crippen molar-refractivity contribution in [3.05, 3.63) is 12.2 Å². The van der Waals surface area contributed by atoms with E-state index in [0.29, 0.717) is 129 Å². The van der Waals surface area contributed by atoms with Crippen molar-refractivity contribution in [3.63, 3.8) is 0 Å². The normalized spacial score (nSPS) is 34.3. The van der Waals surface area contributed by atoms with Gasteiger partial charge in [0.05, 0.1) is 58.4 Å². The standard InChI is InChI=1S/C70H115ClF2N10O11/c1-45(2)64-65(46(3)22-23-74-64)83-59-41-54(63-56(72)15-12-16-60(63)84)57(73)40-55(59)66(78-70(83)90)81-26-25-80(43-47(81)4)62(86)17-13-24-79(5)27-29-92-31-33-94-35-34-93-32-30-91-28-11-9-7-6-8-10-14-48-37-51(71)39-52(38-48)76-69(89)75-42-49-18-19-53-50(36-49)44-82(68(53)88)58-20-21-61(85)77-67(58)87/h13,17,45-60,63-65,74,84H,6-12,14-16,18-44H2,1-5H3,(H2,75,76,89)(H,77,85,87)/b17-13+/t46?,47-,48?,49?,50?,51?,52?,53?,54?,55?,56?,57?,58?,59?,60?,63?,64?,65?/m0/s1. The summed E-state index contributed by atoms with van der Waals surface area (Å²) in [4.78, 5) is 92.9. The molecule has 9 aliphatic rings. The smallest absolute Gasteiger partial charge is 0.345 e. The summed E-state index contributed by atoms with van der Waals surface area (Å²) in [6.07, 6.45) is 16.4. The largest absolute Gasteiger partial charge is 0.393 e. The zero-order valence-corrected chi connectivity index (χ0v) is 57.9. The number of aliphatic hydroxyl groups excluding tert-OH is 1. The summed E-state index contributed by atoms with van der Waals surface area (Å²) in [6.45, 7) is 17.3. The van der Waals surface area contributed by atoms with Gasteiger partial charge in [0.1, 0.15) is 24.2 Å². The van der Waals surface area contributed by atoms with Crippen LogP contribution in [0, 0.1) is 53.3 Å². The van der Waals surface area contributed by atoms with Crippen LogP contribution in [0.2, 0.25) is 0 Å². The van der Waals surface area contributed by atoms with E-state index in [1.54, 1.807) is 11.0 Å². The van der Waals surface area contributed by atoms with Crippen LogP contribution in [0.1, 0.15) is 163 Å². The Morgan fingerprint density at radius 2 is 1.51 bits per heavy atom. The van der Waals surface area contributed by atoms with Crippen LogP contribution in [0.25, 0.3) is 0 Å². The first-order chi connectivity index (χ1) is 45.3. The van der Waals surface area contributed by atoms with Gasteiger partial charge >= 0.3 is 12.1 Å². The zero-order chi connectivity index (χ0) is 66.8. The molecule has 24 heteroatoms. The van der Waals surface area contributed by atoms with E-state index < -0.39 is 36.3 Å². The van der Waals surface area contributed by atoms with Crippen molar-refractivity contribution in [2.45, 2.75) is 223 Å². The van der Waals surface area contributed by atoms with Gasteiger partial charge in [-0.05, 0) is 140 Å². The number of hydrogen-bond acceptors (Lipinski definition) is 14. The van der Waals surface area contributed by atoms with Gasteiger partial charge in [-0.3, -0.25) is 24.5 Å². The van der Waals surface area contributed by atoms with Gasteiger partial charge in [0.15, 0.2) is 0 Å². The van der Waals surface area contributed by atoms with E-state index in [1.165, 1.54) is 19.3 Å². The van der Waals surface area contributed by atoms with Crippen LogP contribution in [-0.4, -0.2) is 243 Å². The lowest BCUT2D eigenvalue weighted by Crippen LogP contribution is -2.69. The number of fused-ring (bicyclic) bond motifs is 2. The molecule has 18 atom stereocenters. The number of nitrogens with one attached hydrogen (secondary N) is 4. The number of urea groups is 2. The van der Waals surface area contributed by atoms with Crippen LogP contribution in [-0.2, 0) is 38.1 Å². The molecule has 8 fully saturated rings. The molecule has 5 N–H and O–H groups in total. The van der Waals surface area contributed by atoms with Gasteiger partial charge in [-0.25, -0.2) is 18.4 Å². The second-order valence-electron chi connectivity index (χ2n) is 29.6. The number of piperazine rings is 1. The molecule has 0 aromatic heterocycles. The summed E-state index contributed by atoms with van der Waals surface area (Å²) in [5.74, 6) is -0.712. The molecule has 17 unspecified atom stereocenters. The third-order valence-electron chi connectivity index (χ3n) is 22.5. The first kappa shape index (κ1) is 74.1. The minimum absolute atomic E-state index is 0.0299. The fraction of sp³-hybridized carbons (Fsp3) is 0.871. The Kier molecular flexibility index (Phi) is 28.9. The molecule has 21 nitrogen and oxygen atoms in total. The summed E-state index contributed by atoms with van der Waals surface area (Å²) >= 11 is 6.72. The number of nitrogens with zero attached hydrogens (tertiary/aromatic N) is 6. The Bertz CT molecular complexity index is 2520. The maximum absolute atomic E-state index is 16.7. The Hall–Kier alpha value is -4.10. The molecule has 9 rings (SSSR count). The van der Waals surface area contributed by atoms with Crippen LogP contribution < -0.4 is 21.3 Å². The molecular weight excluding hydrogens is 1230 g/mol. The van der Waals surface area contributed by atoms with Crippen molar-refractivity contribution in [1.82, 2.24) is 45.8 Å². The van der Waals surface area contributed by atoms with Crippen LogP contribution in [0.4, 0.5) is 18.4 Å². The van der Waals surface area contributed by atoms with Gasteiger partial charge in [0.2, 0.25) is 23.6 Å². The first-order valence-electron chi connectivity index (χ1n) is 36.5. The zero-order valence-electron chi connectivity index (χ0n) is 57.1. The topological polar surface area (TPSA) is 236 Å². The number of rotatable bonds is 31. The molecule has 0 bridgehead atoms. The molecule has 0 aromatic carbocycles. The quantitative estimate of drug-likeness (QED) is 0.0194. The number of unbranched alkanes of at least 4 members (excludes halogenated alkanes) is 5. The number of carbonyl (C=O) groups excluding carboxylic acids is 6. The predicted octanol–water partition coefficient (Wildman–Crippen LogP) is 7.65. The Morgan fingerprint density at radius 1 is 0.787 bits per heavy atom.